The maximum absolute atomic E-state index is 4.94. The van der Waals surface area contributed by atoms with Crippen LogP contribution in [-0.4, -0.2) is 11.0 Å². The van der Waals surface area contributed by atoms with E-state index < -0.39 is 0 Å². The summed E-state index contributed by atoms with van der Waals surface area (Å²) in [6.07, 6.45) is 6.27. The van der Waals surface area contributed by atoms with E-state index >= 15 is 0 Å². The number of hydrogen-bond acceptors (Lipinski definition) is 3. The second kappa shape index (κ2) is 5.49. The van der Waals surface area contributed by atoms with Crippen molar-refractivity contribution in [3.63, 3.8) is 0 Å². The van der Waals surface area contributed by atoms with Crippen LogP contribution in [-0.2, 0) is 12.8 Å². The van der Waals surface area contributed by atoms with Crippen molar-refractivity contribution >= 4 is 27.3 Å². The number of aromatic nitrogens is 1. The van der Waals surface area contributed by atoms with Gasteiger partial charge in [-0.3, -0.25) is 0 Å². The third kappa shape index (κ3) is 2.81. The van der Waals surface area contributed by atoms with Gasteiger partial charge in [0.15, 0.2) is 0 Å². The summed E-state index contributed by atoms with van der Waals surface area (Å²) in [6.45, 7) is 2.13. The van der Waals surface area contributed by atoms with E-state index in [1.165, 1.54) is 63.3 Å². The molecule has 0 amide bonds. The Labute approximate surface area is 138 Å². The summed E-state index contributed by atoms with van der Waals surface area (Å²) in [5.41, 5.74) is 3.96. The molecule has 2 aromatic rings. The number of rotatable bonds is 4. The van der Waals surface area contributed by atoms with Gasteiger partial charge in [0.05, 0.1) is 11.7 Å². The second-order valence-electron chi connectivity index (χ2n) is 6.16. The van der Waals surface area contributed by atoms with Crippen LogP contribution in [0.5, 0.6) is 0 Å². The summed E-state index contributed by atoms with van der Waals surface area (Å²) >= 11 is 5.58. The molecule has 0 aliphatic heterocycles. The van der Waals surface area contributed by atoms with Crippen LogP contribution >= 0.6 is 27.3 Å². The van der Waals surface area contributed by atoms with Crippen molar-refractivity contribution in [2.24, 2.45) is 0 Å². The maximum atomic E-state index is 4.94. The minimum absolute atomic E-state index is 0.255. The molecule has 2 aliphatic rings. The van der Waals surface area contributed by atoms with Crippen molar-refractivity contribution in [3.05, 3.63) is 49.4 Å². The van der Waals surface area contributed by atoms with E-state index in [1.807, 2.05) is 11.3 Å². The highest BCUT2D eigenvalue weighted by molar-refractivity contribution is 9.10. The standard InChI is InChI=1S/C17H19BrN2S/c1-10-5-6-11(9-13(10)18)16(19-12-7-8-12)17-20-14-3-2-4-15(14)21-17/h5-6,9,12,16,19H,2-4,7-8H2,1H3. The molecule has 1 unspecified atom stereocenters. The zero-order valence-electron chi connectivity index (χ0n) is 12.2. The lowest BCUT2D eigenvalue weighted by atomic mass is 10.1. The van der Waals surface area contributed by atoms with Gasteiger partial charge in [0, 0.05) is 15.4 Å². The van der Waals surface area contributed by atoms with Crippen molar-refractivity contribution in [2.75, 3.05) is 0 Å². The molecule has 110 valence electrons. The predicted molar refractivity (Wildman–Crippen MR) is 91.0 cm³/mol. The molecule has 4 heteroatoms. The highest BCUT2D eigenvalue weighted by Gasteiger charge is 2.29. The smallest absolute Gasteiger partial charge is 0.115 e. The summed E-state index contributed by atoms with van der Waals surface area (Å²) in [7, 11) is 0. The van der Waals surface area contributed by atoms with Gasteiger partial charge < -0.3 is 5.32 Å². The summed E-state index contributed by atoms with van der Waals surface area (Å²) in [6, 6.07) is 7.62. The molecule has 1 N–H and O–H groups in total. The molecule has 1 aromatic carbocycles. The molecule has 21 heavy (non-hydrogen) atoms. The molecule has 4 rings (SSSR count). The molecule has 0 bridgehead atoms. The van der Waals surface area contributed by atoms with Gasteiger partial charge in [-0.25, -0.2) is 4.98 Å². The first kappa shape index (κ1) is 13.9. The average molecular weight is 363 g/mol. The first-order valence-corrected chi connectivity index (χ1v) is 9.32. The molecule has 0 spiro atoms. The first-order chi connectivity index (χ1) is 10.2. The van der Waals surface area contributed by atoms with E-state index in [4.69, 9.17) is 4.98 Å². The van der Waals surface area contributed by atoms with Gasteiger partial charge in [0.25, 0.3) is 0 Å². The monoisotopic (exact) mass is 362 g/mol. The zero-order valence-corrected chi connectivity index (χ0v) is 14.6. The van der Waals surface area contributed by atoms with Crippen LogP contribution in [0.15, 0.2) is 22.7 Å². The van der Waals surface area contributed by atoms with Crippen molar-refractivity contribution in [2.45, 2.75) is 51.1 Å². The minimum Gasteiger partial charge on any atom is -0.301 e. The Morgan fingerprint density at radius 2 is 2.19 bits per heavy atom. The van der Waals surface area contributed by atoms with Gasteiger partial charge in [-0.05, 0) is 56.2 Å². The van der Waals surface area contributed by atoms with Crippen LogP contribution in [0.3, 0.4) is 0 Å². The van der Waals surface area contributed by atoms with Gasteiger partial charge in [0.1, 0.15) is 5.01 Å². The molecule has 2 nitrogen and oxygen atoms in total. The SMILES string of the molecule is Cc1ccc(C(NC2CC2)c2nc3c(s2)CCC3)cc1Br. The van der Waals surface area contributed by atoms with Crippen LogP contribution in [0, 0.1) is 6.92 Å². The zero-order chi connectivity index (χ0) is 14.4. The highest BCUT2D eigenvalue weighted by Crippen LogP contribution is 2.36. The Morgan fingerprint density at radius 1 is 1.33 bits per heavy atom. The van der Waals surface area contributed by atoms with Gasteiger partial charge in [-0.1, -0.05) is 28.1 Å². The normalized spacial score (nSPS) is 18.8. The van der Waals surface area contributed by atoms with Gasteiger partial charge >= 0.3 is 0 Å². The van der Waals surface area contributed by atoms with Crippen LogP contribution in [0.4, 0.5) is 0 Å². The van der Waals surface area contributed by atoms with Crippen molar-refractivity contribution in [1.29, 1.82) is 0 Å². The van der Waals surface area contributed by atoms with E-state index in [0.29, 0.717) is 6.04 Å². The number of nitrogens with zero attached hydrogens (tertiary/aromatic N) is 1. The minimum atomic E-state index is 0.255. The van der Waals surface area contributed by atoms with Crippen molar-refractivity contribution in [1.82, 2.24) is 10.3 Å². The number of halogens is 1. The molecule has 0 radical (unpaired) electrons. The second-order valence-corrected chi connectivity index (χ2v) is 8.13. The summed E-state index contributed by atoms with van der Waals surface area (Å²) < 4.78 is 1.19. The number of nitrogens with one attached hydrogen (secondary N) is 1. The molecule has 0 saturated heterocycles. The van der Waals surface area contributed by atoms with E-state index in [9.17, 15) is 0 Å². The summed E-state index contributed by atoms with van der Waals surface area (Å²) in [5.74, 6) is 0. The third-order valence-corrected chi connectivity index (χ3v) is 6.44. The lowest BCUT2D eigenvalue weighted by molar-refractivity contribution is 0.596. The van der Waals surface area contributed by atoms with Crippen LogP contribution in [0.25, 0.3) is 0 Å². The highest BCUT2D eigenvalue weighted by atomic mass is 79.9. The Morgan fingerprint density at radius 3 is 2.90 bits per heavy atom. The number of thiazole rings is 1. The summed E-state index contributed by atoms with van der Waals surface area (Å²) in [5, 5.41) is 5.04. The molecule has 1 fully saturated rings. The molecular formula is C17H19BrN2S. The van der Waals surface area contributed by atoms with Gasteiger partial charge in [-0.2, -0.15) is 0 Å². The predicted octanol–water partition coefficient (Wildman–Crippen LogP) is 4.54. The number of benzene rings is 1. The average Bonchev–Trinajstić information content (AvgIpc) is 3.03. The maximum Gasteiger partial charge on any atom is 0.115 e. The molecule has 1 saturated carbocycles. The number of fused-ring (bicyclic) bond motifs is 1. The molecule has 1 atom stereocenters. The van der Waals surface area contributed by atoms with Gasteiger partial charge in [0.2, 0.25) is 0 Å². The lowest BCUT2D eigenvalue weighted by Gasteiger charge is -2.18. The van der Waals surface area contributed by atoms with Crippen LogP contribution in [0.1, 0.15) is 52.0 Å². The van der Waals surface area contributed by atoms with Crippen molar-refractivity contribution in [3.8, 4) is 0 Å². The summed E-state index contributed by atoms with van der Waals surface area (Å²) in [4.78, 5) is 6.45. The topological polar surface area (TPSA) is 24.9 Å². The number of aryl methyl sites for hydroxylation is 3. The van der Waals surface area contributed by atoms with E-state index in [1.54, 1.807) is 0 Å². The molecule has 2 aliphatic carbocycles. The molecule has 1 aromatic heterocycles. The fourth-order valence-corrected chi connectivity index (χ4v) is 4.56. The first-order valence-electron chi connectivity index (χ1n) is 7.71. The van der Waals surface area contributed by atoms with E-state index in [0.717, 1.165) is 0 Å². The van der Waals surface area contributed by atoms with Gasteiger partial charge in [-0.15, -0.1) is 11.3 Å². The van der Waals surface area contributed by atoms with Crippen LogP contribution in [0.2, 0.25) is 0 Å². The molecule has 1 heterocycles. The fourth-order valence-electron chi connectivity index (χ4n) is 2.92. The Bertz CT molecular complexity index is 654. The third-order valence-electron chi connectivity index (χ3n) is 4.37. The van der Waals surface area contributed by atoms with E-state index in [-0.39, 0.29) is 6.04 Å². The Hall–Kier alpha value is -0.710. The largest absolute Gasteiger partial charge is 0.301 e. The van der Waals surface area contributed by atoms with E-state index in [2.05, 4.69) is 46.4 Å². The molecular weight excluding hydrogens is 344 g/mol. The number of hydrogen-bond donors (Lipinski definition) is 1. The Balaban J connectivity index is 1.70. The quantitative estimate of drug-likeness (QED) is 0.863. The fraction of sp³-hybridized carbons (Fsp3) is 0.471. The Kier molecular flexibility index (Phi) is 3.64. The van der Waals surface area contributed by atoms with Crippen LogP contribution < -0.4 is 5.32 Å². The lowest BCUT2D eigenvalue weighted by Crippen LogP contribution is -2.24. The van der Waals surface area contributed by atoms with Crippen molar-refractivity contribution < 1.29 is 0 Å².